The lowest BCUT2D eigenvalue weighted by atomic mass is 10.0. The van der Waals surface area contributed by atoms with Crippen molar-refractivity contribution in [3.8, 4) is 34.5 Å². The first-order chi connectivity index (χ1) is 60.3. The number of aliphatic carboxylic acids is 7. The molecule has 0 saturated carbocycles. The van der Waals surface area contributed by atoms with Gasteiger partial charge >= 0.3 is 41.8 Å². The number of para-hydroxylation sites is 3. The molecule has 10 rings (SSSR count). The zero-order valence-corrected chi connectivity index (χ0v) is 70.3. The van der Waals surface area contributed by atoms with E-state index in [4.69, 9.17) is 61.6 Å². The third-order valence-electron chi connectivity index (χ3n) is 17.6. The van der Waals surface area contributed by atoms with Crippen molar-refractivity contribution in [2.24, 2.45) is 0 Å². The second kappa shape index (κ2) is 60.3. The highest BCUT2D eigenvalue weighted by atomic mass is 35.5. The van der Waals surface area contributed by atoms with E-state index in [1.165, 1.54) is 0 Å². The van der Waals surface area contributed by atoms with Crippen LogP contribution in [0.5, 0.6) is 34.5 Å². The molecule has 0 bridgehead atoms. The Balaban J connectivity index is 0.000000310. The molecular formula is C99H101ClF2O24. The monoisotopic (exact) mass is 1750 g/mol. The number of halogens is 3. The molecule has 10 aromatic carbocycles. The van der Waals surface area contributed by atoms with E-state index >= 15 is 0 Å². The number of Topliss-reactive ketones (excluding diaryl/α,β-unsaturated/α-hetero) is 7. The summed E-state index contributed by atoms with van der Waals surface area (Å²) in [6, 6.07) is 74.4. The summed E-state index contributed by atoms with van der Waals surface area (Å²) in [5, 5.41) is 59.9. The van der Waals surface area contributed by atoms with Crippen LogP contribution in [0.15, 0.2) is 261 Å². The van der Waals surface area contributed by atoms with Gasteiger partial charge in [-0.3, -0.25) is 67.1 Å². The summed E-state index contributed by atoms with van der Waals surface area (Å²) in [6.45, 7) is 1.94. The van der Waals surface area contributed by atoms with Crippen molar-refractivity contribution in [2.75, 3.05) is 0 Å². The van der Waals surface area contributed by atoms with Crippen LogP contribution in [0, 0.1) is 18.6 Å². The second-order valence-electron chi connectivity index (χ2n) is 28.0. The standard InChI is InChI=1S/C19H20O4.2C17H16O4.C12H12F2O3.C12H14O3.C11H11ClO3.C11H12O3/c20-18(12-5-2-6-13-19(21)22)15-8-7-11-17(14-15)23-16-9-3-1-4-10-16;18-16(10-5-11-17(19)20)13-6-4-9-15(12-13)21-14-7-2-1-3-8-14;18-16(7-4-8-17(19)20)13-9-11-15(12-10-13)21-14-5-2-1-3-6-14;13-9-5-8(6-10(14)7-9)11(15)3-1-2-4-12(16)17;13-11(8-4-5-9-12(14)15)10-6-2-1-3-7-10;12-9-6-4-8(5-7-9)10(13)2-1-3-11(14)15;1-8-2-4-9(5-3-8)10(12)6-7-11(13)14/h1,3-4,7-11,14H,2,5-6,12-13H2,(H,21,22);1-4,6-9,12H,5,10-11H2,(H,19,20);1-3,5-6,9-12H,4,7-8H2,(H,19,20);5-7H,1-4H2,(H,16,17);1-3,6-7H,4-5,8-9H2,(H,14,15);4-7H,1-3H2,(H,14,15);2-5H,6-7H2,1H3,(H,13,14). The van der Waals surface area contributed by atoms with Gasteiger partial charge in [0.25, 0.3) is 0 Å². The van der Waals surface area contributed by atoms with Gasteiger partial charge < -0.3 is 50.0 Å². The van der Waals surface area contributed by atoms with Crippen molar-refractivity contribution in [1.82, 2.24) is 0 Å². The second-order valence-corrected chi connectivity index (χ2v) is 28.4. The van der Waals surface area contributed by atoms with Gasteiger partial charge in [0, 0.05) is 134 Å². The third kappa shape index (κ3) is 47.8. The highest BCUT2D eigenvalue weighted by Crippen LogP contribution is 2.27. The Morgan fingerprint density at radius 1 is 0.222 bits per heavy atom. The molecule has 0 unspecified atom stereocenters. The molecule has 27 heteroatoms. The highest BCUT2D eigenvalue weighted by molar-refractivity contribution is 6.30. The summed E-state index contributed by atoms with van der Waals surface area (Å²) in [7, 11) is 0. The van der Waals surface area contributed by atoms with E-state index in [2.05, 4.69) is 0 Å². The van der Waals surface area contributed by atoms with Crippen LogP contribution in [-0.4, -0.2) is 118 Å². The van der Waals surface area contributed by atoms with Crippen molar-refractivity contribution in [3.05, 3.63) is 322 Å². The average molecular weight is 1750 g/mol. The van der Waals surface area contributed by atoms with Crippen molar-refractivity contribution < 1.29 is 126 Å². The Kier molecular flexibility index (Phi) is 49.8. The topological polar surface area (TPSA) is 408 Å². The predicted molar refractivity (Wildman–Crippen MR) is 469 cm³/mol. The number of ether oxygens (including phenoxy) is 3. The fourth-order valence-electron chi connectivity index (χ4n) is 11.1. The molecule has 24 nitrogen and oxygen atoms in total. The molecule has 0 heterocycles. The van der Waals surface area contributed by atoms with Gasteiger partial charge in [-0.1, -0.05) is 157 Å². The normalized spacial score (nSPS) is 10.1. The summed E-state index contributed by atoms with van der Waals surface area (Å²) >= 11 is 5.67. The third-order valence-corrected chi connectivity index (χ3v) is 17.8. The van der Waals surface area contributed by atoms with E-state index in [0.717, 1.165) is 35.6 Å². The summed E-state index contributed by atoms with van der Waals surface area (Å²) in [4.78, 5) is 154. The zero-order chi connectivity index (χ0) is 92.4. The number of carboxylic acids is 7. The average Bonchev–Trinajstić information content (AvgIpc) is 0.942. The largest absolute Gasteiger partial charge is 0.481 e. The van der Waals surface area contributed by atoms with Crippen molar-refractivity contribution in [2.45, 2.75) is 161 Å². The Labute approximate surface area is 733 Å². The Hall–Kier alpha value is -14.3. The maximum Gasteiger partial charge on any atom is 0.303 e. The van der Waals surface area contributed by atoms with E-state index in [0.29, 0.717) is 138 Å². The summed E-state index contributed by atoms with van der Waals surface area (Å²) in [5.41, 5.74) is 4.65. The molecule has 0 radical (unpaired) electrons. The molecular weight excluding hydrogens is 1650 g/mol. The van der Waals surface area contributed by atoms with Gasteiger partial charge in [-0.25, -0.2) is 8.78 Å². The SMILES string of the molecule is Cc1ccc(C(=O)CCC(=O)O)cc1.O=C(O)CCCC(=O)c1ccc(Cl)cc1.O=C(O)CCCC(=O)c1ccc(Oc2ccccc2)cc1.O=C(O)CCCC(=O)c1cccc(Oc2ccccc2)c1.O=C(O)CCCCC(=O)c1cc(F)cc(F)c1.O=C(O)CCCCC(=O)c1ccccc1.O=C(O)CCCCCC(=O)c1cccc(Oc2ccccc2)c1. The summed E-state index contributed by atoms with van der Waals surface area (Å²) in [5.74, 6) is -4.18. The highest BCUT2D eigenvalue weighted by Gasteiger charge is 2.16. The molecule has 0 spiro atoms. The maximum atomic E-state index is 12.8. The maximum absolute atomic E-state index is 12.8. The van der Waals surface area contributed by atoms with Gasteiger partial charge in [0.2, 0.25) is 0 Å². The molecule has 0 aromatic heterocycles. The Morgan fingerprint density at radius 3 is 0.817 bits per heavy atom. The first-order valence-electron chi connectivity index (χ1n) is 40.4. The lowest BCUT2D eigenvalue weighted by Crippen LogP contribution is -2.03. The number of carbonyl (C=O) groups excluding carboxylic acids is 7. The number of rotatable bonds is 44. The van der Waals surface area contributed by atoms with Gasteiger partial charge in [0.1, 0.15) is 46.1 Å². The van der Waals surface area contributed by atoms with Crippen LogP contribution in [-0.2, 0) is 33.6 Å². The van der Waals surface area contributed by atoms with Crippen LogP contribution < -0.4 is 14.2 Å². The lowest BCUT2D eigenvalue weighted by Gasteiger charge is -2.07. The fourth-order valence-corrected chi connectivity index (χ4v) is 11.2. The van der Waals surface area contributed by atoms with E-state index < -0.39 is 53.4 Å². The van der Waals surface area contributed by atoms with E-state index in [1.807, 2.05) is 134 Å². The minimum Gasteiger partial charge on any atom is -0.481 e. The van der Waals surface area contributed by atoms with Gasteiger partial charge in [-0.2, -0.15) is 0 Å². The first kappa shape index (κ1) is 104. The van der Waals surface area contributed by atoms with E-state index in [-0.39, 0.29) is 123 Å². The Morgan fingerprint density at radius 2 is 0.460 bits per heavy atom. The van der Waals surface area contributed by atoms with Crippen LogP contribution >= 0.6 is 11.6 Å². The summed E-state index contributed by atoms with van der Waals surface area (Å²) in [6.07, 6.45) is 7.08. The number of carboxylic acid groups (broad SMARTS) is 7. The van der Waals surface area contributed by atoms with Gasteiger partial charge in [-0.05, 0) is 186 Å². The molecule has 0 aliphatic carbocycles. The van der Waals surface area contributed by atoms with Crippen molar-refractivity contribution >= 4 is 93.9 Å². The fraction of sp³-hybridized carbons (Fsp3) is 0.253. The number of aryl methyl sites for hydroxylation is 1. The van der Waals surface area contributed by atoms with Gasteiger partial charge in [0.05, 0.1) is 6.42 Å². The number of carbonyl (C=O) groups is 14. The molecule has 0 amide bonds. The zero-order valence-electron chi connectivity index (χ0n) is 69.5. The molecule has 126 heavy (non-hydrogen) atoms. The van der Waals surface area contributed by atoms with Crippen LogP contribution in [0.3, 0.4) is 0 Å². The van der Waals surface area contributed by atoms with E-state index in [9.17, 15) is 75.9 Å². The van der Waals surface area contributed by atoms with Gasteiger partial charge in [-0.15, -0.1) is 0 Å². The molecule has 662 valence electrons. The number of ketones is 7. The van der Waals surface area contributed by atoms with Crippen LogP contribution in [0.1, 0.15) is 232 Å². The summed E-state index contributed by atoms with van der Waals surface area (Å²) < 4.78 is 42.6. The molecule has 0 fully saturated rings. The molecule has 7 N–H and O–H groups in total. The first-order valence-corrected chi connectivity index (χ1v) is 40.8. The molecule has 0 aliphatic heterocycles. The van der Waals surface area contributed by atoms with Crippen LogP contribution in [0.2, 0.25) is 5.02 Å². The quantitative estimate of drug-likeness (QED) is 0.0138. The number of unbranched alkanes of at least 4 members (excludes halogenated alkanes) is 4. The number of hydrogen-bond acceptors (Lipinski definition) is 17. The molecule has 10 aromatic rings. The predicted octanol–water partition coefficient (Wildman–Crippen LogP) is 22.7. The molecule has 0 saturated heterocycles. The smallest absolute Gasteiger partial charge is 0.303 e. The van der Waals surface area contributed by atoms with Crippen LogP contribution in [0.4, 0.5) is 8.78 Å². The lowest BCUT2D eigenvalue weighted by molar-refractivity contribution is -0.138. The number of hydrogen-bond donors (Lipinski definition) is 7. The minimum atomic E-state index is -0.939. The molecule has 0 atom stereocenters. The number of benzene rings is 10. The van der Waals surface area contributed by atoms with Crippen molar-refractivity contribution in [3.63, 3.8) is 0 Å². The van der Waals surface area contributed by atoms with Crippen LogP contribution in [0.25, 0.3) is 0 Å². The Bertz CT molecular complexity index is 5090. The van der Waals surface area contributed by atoms with Gasteiger partial charge in [0.15, 0.2) is 40.5 Å². The van der Waals surface area contributed by atoms with Crippen molar-refractivity contribution in [1.29, 1.82) is 0 Å². The minimum absolute atomic E-state index is 0.00590. The molecule has 0 aliphatic rings. The van der Waals surface area contributed by atoms with E-state index in [1.54, 1.807) is 115 Å².